The van der Waals surface area contributed by atoms with Crippen molar-refractivity contribution >= 4 is 17.0 Å². The SMILES string of the molecule is C=C.CS(C)=O.O=C(O)O. The average Bonchev–Trinajstić information content (AvgIpc) is 1.66. The van der Waals surface area contributed by atoms with E-state index in [1.54, 1.807) is 12.5 Å². The van der Waals surface area contributed by atoms with E-state index in [9.17, 15) is 4.21 Å². The molecule has 0 atom stereocenters. The fourth-order valence-corrected chi connectivity index (χ4v) is 0. The van der Waals surface area contributed by atoms with Crippen molar-refractivity contribution in [1.29, 1.82) is 0 Å². The predicted octanol–water partition coefficient (Wildman–Crippen LogP) is 1.02. The molecule has 0 saturated carbocycles. The van der Waals surface area contributed by atoms with Gasteiger partial charge < -0.3 is 10.2 Å². The van der Waals surface area contributed by atoms with Crippen LogP contribution in [-0.4, -0.2) is 33.1 Å². The van der Waals surface area contributed by atoms with E-state index in [4.69, 9.17) is 15.0 Å². The van der Waals surface area contributed by atoms with E-state index < -0.39 is 17.0 Å². The molecule has 10 heavy (non-hydrogen) atoms. The van der Waals surface area contributed by atoms with Gasteiger partial charge in [0.25, 0.3) is 0 Å². The maximum Gasteiger partial charge on any atom is 0.503 e. The van der Waals surface area contributed by atoms with Crippen molar-refractivity contribution in [2.75, 3.05) is 12.5 Å². The van der Waals surface area contributed by atoms with Crippen molar-refractivity contribution in [1.82, 2.24) is 0 Å². The average molecular weight is 168 g/mol. The molecule has 0 fully saturated rings. The van der Waals surface area contributed by atoms with Gasteiger partial charge in [-0.2, -0.15) is 0 Å². The van der Waals surface area contributed by atoms with Gasteiger partial charge in [-0.1, -0.05) is 0 Å². The first-order chi connectivity index (χ1) is 4.46. The highest BCUT2D eigenvalue weighted by atomic mass is 32.2. The Bertz CT molecular complexity index is 81.8. The summed E-state index contributed by atoms with van der Waals surface area (Å²) in [4.78, 5) is 8.56. The second kappa shape index (κ2) is 15.7. The van der Waals surface area contributed by atoms with Gasteiger partial charge in [-0.15, -0.1) is 13.2 Å². The predicted molar refractivity (Wildman–Crippen MR) is 41.9 cm³/mol. The standard InChI is InChI=1S/C2H6OS.C2H4.CH2O3/c1-4(2)3;1-2;2-1(3)4/h1-2H3;1-2H2;(H2,2,3,4). The van der Waals surface area contributed by atoms with Gasteiger partial charge in [-0.3, -0.25) is 4.21 Å². The van der Waals surface area contributed by atoms with E-state index in [2.05, 4.69) is 13.2 Å². The lowest BCUT2D eigenvalue weighted by atomic mass is 11.3. The minimum absolute atomic E-state index is 0.611. The third kappa shape index (κ3) is 385. The Morgan fingerprint density at radius 2 is 1.30 bits per heavy atom. The van der Waals surface area contributed by atoms with Crippen molar-refractivity contribution in [3.8, 4) is 0 Å². The number of carboxylic acid groups (broad SMARTS) is 2. The maximum absolute atomic E-state index is 9.56. The Kier molecular flexibility index (Phi) is 25.3. The van der Waals surface area contributed by atoms with E-state index in [1.807, 2.05) is 0 Å². The molecule has 0 unspecified atom stereocenters. The summed E-state index contributed by atoms with van der Waals surface area (Å²) in [6, 6.07) is 0. The molecule has 0 heterocycles. The molecule has 0 saturated heterocycles. The maximum atomic E-state index is 9.56. The number of carbonyl (C=O) groups is 1. The Morgan fingerprint density at radius 3 is 1.30 bits per heavy atom. The third-order valence-corrected chi connectivity index (χ3v) is 0. The van der Waals surface area contributed by atoms with Crippen molar-refractivity contribution in [2.24, 2.45) is 0 Å². The molecule has 0 aromatic rings. The monoisotopic (exact) mass is 168 g/mol. The Hall–Kier alpha value is -0.840. The zero-order valence-electron chi connectivity index (χ0n) is 6.03. The Balaban J connectivity index is -0.0000000787. The summed E-state index contributed by atoms with van der Waals surface area (Å²) >= 11 is 0. The van der Waals surface area contributed by atoms with Gasteiger partial charge in [0.1, 0.15) is 0 Å². The fourth-order valence-electron chi connectivity index (χ4n) is 0. The van der Waals surface area contributed by atoms with E-state index in [-0.39, 0.29) is 0 Å². The van der Waals surface area contributed by atoms with Crippen molar-refractivity contribution in [2.45, 2.75) is 0 Å². The highest BCUT2D eigenvalue weighted by Gasteiger charge is 1.70. The van der Waals surface area contributed by atoms with Crippen molar-refractivity contribution in [3.05, 3.63) is 13.2 Å². The van der Waals surface area contributed by atoms with Crippen LogP contribution in [0.1, 0.15) is 0 Å². The molecule has 0 aromatic heterocycles. The van der Waals surface area contributed by atoms with Crippen LogP contribution >= 0.6 is 0 Å². The van der Waals surface area contributed by atoms with Gasteiger partial charge in [0, 0.05) is 23.3 Å². The van der Waals surface area contributed by atoms with Crippen LogP contribution in [-0.2, 0) is 10.8 Å². The molecule has 0 bridgehead atoms. The molecule has 0 radical (unpaired) electrons. The lowest BCUT2D eigenvalue weighted by Gasteiger charge is -1.60. The first-order valence-electron chi connectivity index (χ1n) is 2.13. The van der Waals surface area contributed by atoms with Gasteiger partial charge in [0.15, 0.2) is 0 Å². The fraction of sp³-hybridized carbons (Fsp3) is 0.400. The van der Waals surface area contributed by atoms with Crippen LogP contribution in [0.3, 0.4) is 0 Å². The zero-order chi connectivity index (χ0) is 9.15. The lowest BCUT2D eigenvalue weighted by molar-refractivity contribution is 0.137. The Morgan fingerprint density at radius 1 is 1.30 bits per heavy atom. The molecule has 62 valence electrons. The summed E-state index contributed by atoms with van der Waals surface area (Å²) in [5.41, 5.74) is 0. The molecule has 4 nitrogen and oxygen atoms in total. The lowest BCUT2D eigenvalue weighted by Crippen LogP contribution is -1.81. The smallest absolute Gasteiger partial charge is 0.450 e. The van der Waals surface area contributed by atoms with Crippen LogP contribution in [0.2, 0.25) is 0 Å². The van der Waals surface area contributed by atoms with Crippen LogP contribution in [0.5, 0.6) is 0 Å². The molecular formula is C5H12O4S. The molecule has 0 amide bonds. The second-order valence-corrected chi connectivity index (χ2v) is 2.51. The molecule has 0 aliphatic heterocycles. The van der Waals surface area contributed by atoms with Gasteiger partial charge in [-0.05, 0) is 0 Å². The normalized spacial score (nSPS) is 6.30. The first kappa shape index (κ1) is 16.1. The third-order valence-electron chi connectivity index (χ3n) is 0. The van der Waals surface area contributed by atoms with Crippen LogP contribution in [0.15, 0.2) is 13.2 Å². The van der Waals surface area contributed by atoms with Gasteiger partial charge >= 0.3 is 6.16 Å². The van der Waals surface area contributed by atoms with Gasteiger partial charge in [0.2, 0.25) is 0 Å². The molecule has 5 heteroatoms. The van der Waals surface area contributed by atoms with Crippen LogP contribution in [0, 0.1) is 0 Å². The highest BCUT2D eigenvalue weighted by molar-refractivity contribution is 7.83. The summed E-state index contributed by atoms with van der Waals surface area (Å²) in [5, 5.41) is 13.9. The van der Waals surface area contributed by atoms with Crippen molar-refractivity contribution < 1.29 is 19.2 Å². The Labute approximate surface area is 62.6 Å². The van der Waals surface area contributed by atoms with Crippen LogP contribution < -0.4 is 0 Å². The van der Waals surface area contributed by atoms with E-state index >= 15 is 0 Å². The first-order valence-corrected chi connectivity index (χ1v) is 4.10. The number of hydrogen-bond acceptors (Lipinski definition) is 2. The highest BCUT2D eigenvalue weighted by Crippen LogP contribution is 1.47. The topological polar surface area (TPSA) is 74.6 Å². The summed E-state index contributed by atoms with van der Waals surface area (Å²) < 4.78 is 9.56. The van der Waals surface area contributed by atoms with E-state index in [0.29, 0.717) is 0 Å². The summed E-state index contributed by atoms with van der Waals surface area (Å²) in [6.07, 6.45) is 1.44. The largest absolute Gasteiger partial charge is 0.503 e. The molecule has 0 rings (SSSR count). The van der Waals surface area contributed by atoms with Gasteiger partial charge in [-0.25, -0.2) is 4.79 Å². The number of rotatable bonds is 0. The second-order valence-electron chi connectivity index (χ2n) is 1.02. The summed E-state index contributed by atoms with van der Waals surface area (Å²) in [7, 11) is -0.611. The van der Waals surface area contributed by atoms with Crippen molar-refractivity contribution in [3.63, 3.8) is 0 Å². The van der Waals surface area contributed by atoms with Crippen LogP contribution in [0.25, 0.3) is 0 Å². The molecule has 0 aliphatic carbocycles. The molecule has 2 N–H and O–H groups in total. The minimum Gasteiger partial charge on any atom is -0.450 e. The molecule has 0 spiro atoms. The number of hydrogen-bond donors (Lipinski definition) is 2. The quantitative estimate of drug-likeness (QED) is 0.529. The van der Waals surface area contributed by atoms with E-state index in [1.165, 1.54) is 0 Å². The minimum atomic E-state index is -1.83. The van der Waals surface area contributed by atoms with Crippen LogP contribution in [0.4, 0.5) is 4.79 Å². The summed E-state index contributed by atoms with van der Waals surface area (Å²) in [5.74, 6) is 0. The zero-order valence-corrected chi connectivity index (χ0v) is 6.85. The van der Waals surface area contributed by atoms with E-state index in [0.717, 1.165) is 0 Å². The molecule has 0 aromatic carbocycles. The van der Waals surface area contributed by atoms with Gasteiger partial charge in [0.05, 0.1) is 0 Å². The molecule has 0 aliphatic rings. The summed E-state index contributed by atoms with van der Waals surface area (Å²) in [6.45, 7) is 6.00. The molecular weight excluding hydrogens is 156 g/mol.